The Balaban J connectivity index is 2.37. The quantitative estimate of drug-likeness (QED) is 0.676. The van der Waals surface area contributed by atoms with Gasteiger partial charge in [0.05, 0.1) is 0 Å². The Labute approximate surface area is 132 Å². The van der Waals surface area contributed by atoms with Gasteiger partial charge in [-0.25, -0.2) is 0 Å². The Morgan fingerprint density at radius 3 is 1.09 bits per heavy atom. The number of hydrogen-bond acceptors (Lipinski definition) is 1. The van der Waals surface area contributed by atoms with Crippen LogP contribution in [-0.4, -0.2) is 5.52 Å². The molecule has 0 bridgehead atoms. The van der Waals surface area contributed by atoms with Crippen molar-refractivity contribution in [3.63, 3.8) is 0 Å². The summed E-state index contributed by atoms with van der Waals surface area (Å²) in [6.07, 6.45) is 0. The fourth-order valence-corrected chi connectivity index (χ4v) is 7.47. The van der Waals surface area contributed by atoms with E-state index in [2.05, 4.69) is 36.4 Å². The van der Waals surface area contributed by atoms with Crippen molar-refractivity contribution in [1.82, 2.24) is 0 Å². The fraction of sp³-hybridized carbons (Fsp3) is 0.0500. The van der Waals surface area contributed by atoms with Crippen molar-refractivity contribution < 1.29 is 4.79 Å². The molecule has 110 valence electrons. The van der Waals surface area contributed by atoms with Gasteiger partial charge in [0.25, 0.3) is 0 Å². The summed E-state index contributed by atoms with van der Waals surface area (Å²) in [4.78, 5) is 12.9. The second-order valence-electron chi connectivity index (χ2n) is 5.40. The van der Waals surface area contributed by atoms with Gasteiger partial charge in [-0.1, -0.05) is 0 Å². The zero-order valence-electron chi connectivity index (χ0n) is 12.6. The van der Waals surface area contributed by atoms with E-state index in [4.69, 9.17) is 0 Å². The minimum absolute atomic E-state index is 0.260. The fourth-order valence-electron chi connectivity index (χ4n) is 3.17. The van der Waals surface area contributed by atoms with Crippen LogP contribution in [0.3, 0.4) is 0 Å². The van der Waals surface area contributed by atoms with Gasteiger partial charge >= 0.3 is 131 Å². The Morgan fingerprint density at radius 1 is 0.591 bits per heavy atom. The third-order valence-electron chi connectivity index (χ3n) is 4.15. The summed E-state index contributed by atoms with van der Waals surface area (Å²) >= 11 is 0. The van der Waals surface area contributed by atoms with E-state index in [1.54, 1.807) is 6.92 Å². The molecule has 0 heterocycles. The van der Waals surface area contributed by atoms with Crippen LogP contribution in [0.4, 0.5) is 0 Å². The van der Waals surface area contributed by atoms with Gasteiger partial charge < -0.3 is 0 Å². The molecule has 0 aliphatic rings. The molecule has 0 saturated carbocycles. The number of carbonyl (C=O) groups excluding carboxylic acids is 1. The molecule has 3 rings (SSSR count). The molecule has 2 heteroatoms. The van der Waals surface area contributed by atoms with Gasteiger partial charge in [-0.15, -0.1) is 0 Å². The molecule has 3 aromatic rings. The van der Waals surface area contributed by atoms with Crippen LogP contribution in [0.5, 0.6) is 0 Å². The molecule has 0 aromatic heterocycles. The van der Waals surface area contributed by atoms with Gasteiger partial charge in [0.1, 0.15) is 0 Å². The number of carbonyl (C=O) groups is 1. The second-order valence-corrected chi connectivity index (χ2v) is 9.34. The van der Waals surface area contributed by atoms with E-state index in [1.807, 2.05) is 54.6 Å². The first-order valence-corrected chi connectivity index (χ1v) is 9.44. The first-order chi connectivity index (χ1) is 10.8. The summed E-state index contributed by atoms with van der Waals surface area (Å²) in [5, 5.41) is 3.42. The molecule has 22 heavy (non-hydrogen) atoms. The Bertz CT molecular complexity index is 655. The third kappa shape index (κ3) is 2.38. The van der Waals surface area contributed by atoms with Crippen LogP contribution in [0.15, 0.2) is 91.0 Å². The van der Waals surface area contributed by atoms with Crippen LogP contribution >= 0.6 is 7.26 Å². The van der Waals surface area contributed by atoms with Crippen molar-refractivity contribution in [2.45, 2.75) is 6.92 Å². The summed E-state index contributed by atoms with van der Waals surface area (Å²) in [5.74, 6) is 0. The first kappa shape index (κ1) is 14.7. The standard InChI is InChI=1S/C20H19OP/c1-17(21)22(18-11-5-2-6-12-18,19-13-7-3-8-14-19)20-15-9-4-10-16-20/h2-16,22H,1H3. The van der Waals surface area contributed by atoms with Crippen LogP contribution in [0.2, 0.25) is 0 Å². The van der Waals surface area contributed by atoms with E-state index in [-0.39, 0.29) is 5.52 Å². The topological polar surface area (TPSA) is 17.1 Å². The Hall–Kier alpha value is -2.24. The van der Waals surface area contributed by atoms with E-state index in [9.17, 15) is 4.79 Å². The van der Waals surface area contributed by atoms with E-state index in [0.29, 0.717) is 0 Å². The zero-order valence-corrected chi connectivity index (χ0v) is 13.6. The number of hydrogen-bond donors (Lipinski definition) is 0. The summed E-state index contributed by atoms with van der Waals surface area (Å²) in [6.45, 7) is 1.74. The molecule has 0 amide bonds. The number of rotatable bonds is 4. The van der Waals surface area contributed by atoms with Gasteiger partial charge in [-0.05, 0) is 0 Å². The van der Waals surface area contributed by atoms with Crippen LogP contribution in [0, 0.1) is 0 Å². The summed E-state index contributed by atoms with van der Waals surface area (Å²) in [6, 6.07) is 30.7. The SMILES string of the molecule is CC(=O)[PH](c1ccccc1)(c1ccccc1)c1ccccc1. The van der Waals surface area contributed by atoms with Gasteiger partial charge in [0.15, 0.2) is 0 Å². The van der Waals surface area contributed by atoms with E-state index >= 15 is 0 Å². The molecule has 1 nitrogen and oxygen atoms in total. The predicted octanol–water partition coefficient (Wildman–Crippen LogP) is 3.26. The monoisotopic (exact) mass is 306 g/mol. The van der Waals surface area contributed by atoms with E-state index < -0.39 is 7.26 Å². The molecular formula is C20H19OP. The van der Waals surface area contributed by atoms with Crippen LogP contribution in [0.25, 0.3) is 0 Å². The van der Waals surface area contributed by atoms with Gasteiger partial charge in [0.2, 0.25) is 0 Å². The van der Waals surface area contributed by atoms with Gasteiger partial charge in [-0.3, -0.25) is 0 Å². The molecule has 3 aromatic carbocycles. The van der Waals surface area contributed by atoms with E-state index in [0.717, 1.165) is 15.9 Å². The summed E-state index contributed by atoms with van der Waals surface area (Å²) in [5.41, 5.74) is 0.260. The van der Waals surface area contributed by atoms with Crippen molar-refractivity contribution in [1.29, 1.82) is 0 Å². The minimum atomic E-state index is -2.64. The van der Waals surface area contributed by atoms with Crippen molar-refractivity contribution in [3.8, 4) is 0 Å². The molecule has 0 aliphatic carbocycles. The Kier molecular flexibility index (Phi) is 4.18. The van der Waals surface area contributed by atoms with Crippen molar-refractivity contribution in [3.05, 3.63) is 91.0 Å². The zero-order chi connectivity index (χ0) is 15.4. The molecule has 0 aliphatic heterocycles. The van der Waals surface area contributed by atoms with Crippen LogP contribution in [-0.2, 0) is 4.79 Å². The van der Waals surface area contributed by atoms with Gasteiger partial charge in [-0.2, -0.15) is 0 Å². The third-order valence-corrected chi connectivity index (χ3v) is 8.80. The molecular weight excluding hydrogens is 287 g/mol. The molecule has 0 spiro atoms. The molecule has 0 radical (unpaired) electrons. The summed E-state index contributed by atoms with van der Waals surface area (Å²) < 4.78 is 0. The van der Waals surface area contributed by atoms with Crippen molar-refractivity contribution in [2.24, 2.45) is 0 Å². The number of benzene rings is 3. The second kappa shape index (κ2) is 6.25. The maximum atomic E-state index is 12.9. The molecule has 0 unspecified atom stereocenters. The normalized spacial score (nSPS) is 11.9. The molecule has 0 N–H and O–H groups in total. The average Bonchev–Trinajstić information content (AvgIpc) is 2.58. The molecule has 0 atom stereocenters. The summed E-state index contributed by atoms with van der Waals surface area (Å²) in [7, 11) is -2.64. The maximum absolute atomic E-state index is 12.9. The van der Waals surface area contributed by atoms with Crippen molar-refractivity contribution >= 4 is 28.7 Å². The van der Waals surface area contributed by atoms with E-state index in [1.165, 1.54) is 0 Å². The Morgan fingerprint density at radius 2 is 0.864 bits per heavy atom. The van der Waals surface area contributed by atoms with Crippen LogP contribution in [0.1, 0.15) is 6.92 Å². The molecule has 0 saturated heterocycles. The predicted molar refractivity (Wildman–Crippen MR) is 97.2 cm³/mol. The molecule has 0 fully saturated rings. The average molecular weight is 306 g/mol. The van der Waals surface area contributed by atoms with Crippen LogP contribution < -0.4 is 15.9 Å². The first-order valence-electron chi connectivity index (χ1n) is 7.44. The van der Waals surface area contributed by atoms with Crippen molar-refractivity contribution in [2.75, 3.05) is 0 Å². The van der Waals surface area contributed by atoms with Gasteiger partial charge in [0, 0.05) is 0 Å².